The third kappa shape index (κ3) is 6.81. The molecule has 39 heavy (non-hydrogen) atoms. The molecule has 0 aliphatic rings. The Morgan fingerprint density at radius 3 is 2.03 bits per heavy atom. The van der Waals surface area contributed by atoms with E-state index in [0.717, 1.165) is 22.6 Å². The molecular formula is C32H37N5O2. The minimum atomic E-state index is -0.861. The normalized spacial score (nSPS) is 13.0. The summed E-state index contributed by atoms with van der Waals surface area (Å²) >= 11 is 0. The summed E-state index contributed by atoms with van der Waals surface area (Å²) in [5.74, 6) is 0.0243. The standard InChI is InChI=1S/C32H37N5O2/c1-32(2,3)28(37(20-19-26(33)29(34)38)31(39)25-17-11-6-12-18-25)30-35-27(24-15-9-5-10-16-24)22-36(30)21-23-13-7-4-8-14-23/h4-18,22,26,28H,19-21,33H2,1-3H3,(H2,34,38)/t26-,28-/m0/s1. The first kappa shape index (κ1) is 27.8. The largest absolute Gasteiger partial charge is 0.368 e. The van der Waals surface area contributed by atoms with Gasteiger partial charge < -0.3 is 20.9 Å². The highest BCUT2D eigenvalue weighted by molar-refractivity contribution is 5.94. The van der Waals surface area contributed by atoms with Crippen LogP contribution in [0, 0.1) is 5.41 Å². The van der Waals surface area contributed by atoms with Crippen LogP contribution in [0.4, 0.5) is 0 Å². The third-order valence-electron chi connectivity index (χ3n) is 6.78. The van der Waals surface area contributed by atoms with E-state index >= 15 is 0 Å². The molecule has 0 bridgehead atoms. The summed E-state index contributed by atoms with van der Waals surface area (Å²) in [7, 11) is 0. The minimum absolute atomic E-state index is 0.150. The van der Waals surface area contributed by atoms with E-state index in [1.807, 2.05) is 66.7 Å². The highest BCUT2D eigenvalue weighted by atomic mass is 16.2. The molecule has 2 amide bonds. The minimum Gasteiger partial charge on any atom is -0.368 e. The number of imidazole rings is 1. The highest BCUT2D eigenvalue weighted by Gasteiger charge is 2.39. The maximum Gasteiger partial charge on any atom is 0.254 e. The van der Waals surface area contributed by atoms with Gasteiger partial charge in [-0.25, -0.2) is 4.98 Å². The molecule has 2 atom stereocenters. The van der Waals surface area contributed by atoms with Crippen molar-refractivity contribution < 1.29 is 9.59 Å². The van der Waals surface area contributed by atoms with Gasteiger partial charge in [-0.15, -0.1) is 0 Å². The quantitative estimate of drug-likeness (QED) is 0.304. The van der Waals surface area contributed by atoms with Crippen LogP contribution in [0.1, 0.15) is 55.0 Å². The second kappa shape index (κ2) is 12.1. The molecule has 4 aromatic rings. The van der Waals surface area contributed by atoms with Crippen molar-refractivity contribution in [2.45, 2.75) is 45.8 Å². The van der Waals surface area contributed by atoms with Crippen molar-refractivity contribution in [3.8, 4) is 11.3 Å². The molecule has 0 radical (unpaired) electrons. The van der Waals surface area contributed by atoms with Crippen LogP contribution >= 0.6 is 0 Å². The molecule has 202 valence electrons. The van der Waals surface area contributed by atoms with E-state index in [9.17, 15) is 9.59 Å². The second-order valence-electron chi connectivity index (χ2n) is 10.9. The van der Waals surface area contributed by atoms with Gasteiger partial charge in [-0.1, -0.05) is 99.6 Å². The van der Waals surface area contributed by atoms with Crippen molar-refractivity contribution in [2.75, 3.05) is 6.54 Å². The van der Waals surface area contributed by atoms with Gasteiger partial charge in [0.1, 0.15) is 5.82 Å². The Morgan fingerprint density at radius 2 is 1.46 bits per heavy atom. The topological polar surface area (TPSA) is 107 Å². The Morgan fingerprint density at radius 1 is 0.897 bits per heavy atom. The molecule has 0 aliphatic heterocycles. The fraction of sp³-hybridized carbons (Fsp3) is 0.281. The summed E-state index contributed by atoms with van der Waals surface area (Å²) in [5, 5.41) is 0. The summed E-state index contributed by atoms with van der Waals surface area (Å²) < 4.78 is 2.13. The molecule has 7 nitrogen and oxygen atoms in total. The maximum absolute atomic E-state index is 14.1. The van der Waals surface area contributed by atoms with Gasteiger partial charge in [0.25, 0.3) is 5.91 Å². The van der Waals surface area contributed by atoms with Crippen LogP contribution in [-0.4, -0.2) is 38.9 Å². The Kier molecular flexibility index (Phi) is 8.62. The zero-order valence-corrected chi connectivity index (χ0v) is 22.8. The van der Waals surface area contributed by atoms with Crippen molar-refractivity contribution in [3.05, 3.63) is 114 Å². The molecule has 0 saturated carbocycles. The van der Waals surface area contributed by atoms with Gasteiger partial charge in [0.15, 0.2) is 0 Å². The number of carbonyl (C=O) groups excluding carboxylic acids is 2. The first-order valence-electron chi connectivity index (χ1n) is 13.2. The van der Waals surface area contributed by atoms with E-state index in [2.05, 4.69) is 43.7 Å². The molecule has 1 aromatic heterocycles. The van der Waals surface area contributed by atoms with Crippen LogP contribution in [0.2, 0.25) is 0 Å². The number of rotatable bonds is 10. The summed E-state index contributed by atoms with van der Waals surface area (Å²) in [5.41, 5.74) is 14.6. The molecule has 1 heterocycles. The molecule has 3 aromatic carbocycles. The van der Waals surface area contributed by atoms with Crippen LogP contribution in [0.25, 0.3) is 11.3 Å². The molecule has 0 spiro atoms. The van der Waals surface area contributed by atoms with E-state index in [0.29, 0.717) is 12.1 Å². The molecule has 0 fully saturated rings. The average Bonchev–Trinajstić information content (AvgIpc) is 3.33. The lowest BCUT2D eigenvalue weighted by Gasteiger charge is -2.40. The number of primary amides is 1. The maximum atomic E-state index is 14.1. The van der Waals surface area contributed by atoms with Crippen LogP contribution in [0.3, 0.4) is 0 Å². The van der Waals surface area contributed by atoms with Crippen LogP contribution < -0.4 is 11.5 Å². The number of carbonyl (C=O) groups is 2. The summed E-state index contributed by atoms with van der Waals surface area (Å²) in [6.45, 7) is 7.14. The van der Waals surface area contributed by atoms with Gasteiger partial charge in [-0.05, 0) is 29.5 Å². The van der Waals surface area contributed by atoms with Crippen LogP contribution in [0.15, 0.2) is 97.2 Å². The number of aromatic nitrogens is 2. The predicted octanol–water partition coefficient (Wildman–Crippen LogP) is 5.03. The van der Waals surface area contributed by atoms with Crippen molar-refractivity contribution in [1.29, 1.82) is 0 Å². The number of amides is 2. The lowest BCUT2D eigenvalue weighted by molar-refractivity contribution is -0.119. The highest BCUT2D eigenvalue weighted by Crippen LogP contribution is 2.40. The number of hydrogen-bond donors (Lipinski definition) is 2. The van der Waals surface area contributed by atoms with Crippen molar-refractivity contribution >= 4 is 11.8 Å². The van der Waals surface area contributed by atoms with Gasteiger partial charge in [0.05, 0.1) is 17.8 Å². The van der Waals surface area contributed by atoms with E-state index in [1.54, 1.807) is 17.0 Å². The van der Waals surface area contributed by atoms with Gasteiger partial charge in [0.2, 0.25) is 5.91 Å². The van der Waals surface area contributed by atoms with E-state index < -0.39 is 23.4 Å². The first-order chi connectivity index (χ1) is 18.6. The molecule has 4 rings (SSSR count). The lowest BCUT2D eigenvalue weighted by atomic mass is 9.84. The van der Waals surface area contributed by atoms with Crippen molar-refractivity contribution in [2.24, 2.45) is 16.9 Å². The van der Waals surface area contributed by atoms with E-state index in [-0.39, 0.29) is 18.9 Å². The number of hydrogen-bond acceptors (Lipinski definition) is 4. The molecule has 4 N–H and O–H groups in total. The Labute approximate surface area is 230 Å². The lowest BCUT2D eigenvalue weighted by Crippen LogP contribution is -2.46. The fourth-order valence-electron chi connectivity index (χ4n) is 4.81. The molecule has 0 unspecified atom stereocenters. The van der Waals surface area contributed by atoms with Gasteiger partial charge in [0, 0.05) is 30.4 Å². The SMILES string of the molecule is CC(C)(C)[C@H](c1nc(-c2ccccc2)cn1Cc1ccccc1)N(CC[C@H](N)C(N)=O)C(=O)c1ccccc1. The Balaban J connectivity index is 1.86. The van der Waals surface area contributed by atoms with Crippen LogP contribution in [-0.2, 0) is 11.3 Å². The van der Waals surface area contributed by atoms with Gasteiger partial charge in [-0.2, -0.15) is 0 Å². The summed E-state index contributed by atoms with van der Waals surface area (Å²) in [6, 6.07) is 28.1. The monoisotopic (exact) mass is 523 g/mol. The predicted molar refractivity (Wildman–Crippen MR) is 155 cm³/mol. The first-order valence-corrected chi connectivity index (χ1v) is 13.2. The van der Waals surface area contributed by atoms with Crippen molar-refractivity contribution in [3.63, 3.8) is 0 Å². The number of benzene rings is 3. The number of nitrogens with two attached hydrogens (primary N) is 2. The van der Waals surface area contributed by atoms with E-state index in [4.69, 9.17) is 16.5 Å². The zero-order valence-electron chi connectivity index (χ0n) is 22.8. The van der Waals surface area contributed by atoms with Gasteiger partial charge in [-0.3, -0.25) is 9.59 Å². The van der Waals surface area contributed by atoms with E-state index in [1.165, 1.54) is 0 Å². The molecule has 0 aliphatic carbocycles. The van der Waals surface area contributed by atoms with Crippen LogP contribution in [0.5, 0.6) is 0 Å². The van der Waals surface area contributed by atoms with Gasteiger partial charge >= 0.3 is 0 Å². The second-order valence-corrected chi connectivity index (χ2v) is 10.9. The zero-order chi connectivity index (χ0) is 28.0. The molecule has 7 heteroatoms. The summed E-state index contributed by atoms with van der Waals surface area (Å²) in [6.07, 6.45) is 2.29. The Bertz CT molecular complexity index is 1380. The summed E-state index contributed by atoms with van der Waals surface area (Å²) in [4.78, 5) is 32.8. The molecular weight excluding hydrogens is 486 g/mol. The fourth-order valence-corrected chi connectivity index (χ4v) is 4.81. The molecule has 0 saturated heterocycles. The number of nitrogens with zero attached hydrogens (tertiary/aromatic N) is 3. The third-order valence-corrected chi connectivity index (χ3v) is 6.78. The Hall–Kier alpha value is -4.23. The smallest absolute Gasteiger partial charge is 0.254 e. The van der Waals surface area contributed by atoms with Crippen molar-refractivity contribution in [1.82, 2.24) is 14.5 Å². The average molecular weight is 524 g/mol.